The third kappa shape index (κ3) is 8.10. The molecule has 0 aliphatic rings. The van der Waals surface area contributed by atoms with Gasteiger partial charge in [0.05, 0.1) is 4.47 Å². The summed E-state index contributed by atoms with van der Waals surface area (Å²) in [5.74, 6) is 0.0778. The number of halogens is 1. The summed E-state index contributed by atoms with van der Waals surface area (Å²) in [6.07, 6.45) is 2.95. The Morgan fingerprint density at radius 3 is 2.00 bits per heavy atom. The zero-order valence-electron chi connectivity index (χ0n) is 18.2. The minimum Gasteiger partial charge on any atom is -0.458 e. The molecule has 1 aromatic heterocycles. The number of esters is 1. The van der Waals surface area contributed by atoms with Gasteiger partial charge in [0.1, 0.15) is 17.2 Å². The number of carbonyl (C=O) groups is 2. The number of hydrogen-bond donors (Lipinski definition) is 1. The van der Waals surface area contributed by atoms with Crippen molar-refractivity contribution in [2.24, 2.45) is 0 Å². The van der Waals surface area contributed by atoms with Gasteiger partial charge in [0.15, 0.2) is 5.82 Å². The van der Waals surface area contributed by atoms with Gasteiger partial charge in [-0.25, -0.2) is 19.6 Å². The van der Waals surface area contributed by atoms with Crippen LogP contribution in [0.3, 0.4) is 0 Å². The van der Waals surface area contributed by atoms with E-state index in [4.69, 9.17) is 9.47 Å². The average Bonchev–Trinajstić information content (AvgIpc) is 2.59. The van der Waals surface area contributed by atoms with E-state index in [1.54, 1.807) is 53.9 Å². The molecule has 2 rings (SSSR count). The highest BCUT2D eigenvalue weighted by atomic mass is 79.9. The predicted molar refractivity (Wildman–Crippen MR) is 118 cm³/mol. The number of hydrogen-bond acceptors (Lipinski definition) is 6. The highest BCUT2D eigenvalue weighted by molar-refractivity contribution is 9.10. The summed E-state index contributed by atoms with van der Waals surface area (Å²) in [6.45, 7) is 10.6. The van der Waals surface area contributed by atoms with E-state index < -0.39 is 29.3 Å². The van der Waals surface area contributed by atoms with E-state index in [0.29, 0.717) is 5.82 Å². The van der Waals surface area contributed by atoms with Gasteiger partial charge in [-0.05, 0) is 63.0 Å². The molecule has 1 N–H and O–H groups in total. The minimum atomic E-state index is -0.881. The Morgan fingerprint density at radius 2 is 1.50 bits per heavy atom. The monoisotopic (exact) mass is 477 g/mol. The largest absolute Gasteiger partial charge is 0.458 e. The van der Waals surface area contributed by atoms with Crippen molar-refractivity contribution in [3.63, 3.8) is 0 Å². The molecule has 1 heterocycles. The number of carbonyl (C=O) groups excluding carboxylic acids is 2. The number of benzene rings is 1. The van der Waals surface area contributed by atoms with Gasteiger partial charge in [0, 0.05) is 24.4 Å². The number of rotatable bonds is 5. The van der Waals surface area contributed by atoms with Crippen molar-refractivity contribution in [2.45, 2.75) is 65.2 Å². The first-order valence-electron chi connectivity index (χ1n) is 9.62. The molecule has 0 aliphatic carbocycles. The normalized spacial score (nSPS) is 12.8. The maximum absolute atomic E-state index is 12.7. The van der Waals surface area contributed by atoms with Crippen LogP contribution >= 0.6 is 15.9 Å². The lowest BCUT2D eigenvalue weighted by Crippen LogP contribution is -2.47. The first-order chi connectivity index (χ1) is 13.8. The van der Waals surface area contributed by atoms with Gasteiger partial charge >= 0.3 is 12.1 Å². The number of aromatic nitrogens is 2. The van der Waals surface area contributed by atoms with Crippen LogP contribution in [0.2, 0.25) is 0 Å². The fourth-order valence-corrected chi connectivity index (χ4v) is 2.71. The van der Waals surface area contributed by atoms with Crippen LogP contribution in [0.4, 0.5) is 4.79 Å². The lowest BCUT2D eigenvalue weighted by molar-refractivity contribution is -0.157. The van der Waals surface area contributed by atoms with Crippen LogP contribution in [0.15, 0.2) is 41.1 Å². The van der Waals surface area contributed by atoms with Crippen LogP contribution in [-0.2, 0) is 20.7 Å². The van der Waals surface area contributed by atoms with Gasteiger partial charge in [-0.1, -0.05) is 24.3 Å². The molecule has 0 radical (unpaired) electrons. The zero-order chi connectivity index (χ0) is 22.5. The van der Waals surface area contributed by atoms with Crippen molar-refractivity contribution < 1.29 is 19.1 Å². The Balaban J connectivity index is 2.16. The molecule has 30 heavy (non-hydrogen) atoms. The second kappa shape index (κ2) is 9.55. The molecule has 1 atom stereocenters. The molecular formula is C22H28BrN3O4. The molecule has 2 aromatic rings. The molecule has 0 spiro atoms. The molecule has 1 amide bonds. The molecule has 0 bridgehead atoms. The van der Waals surface area contributed by atoms with E-state index in [1.807, 2.05) is 24.3 Å². The van der Waals surface area contributed by atoms with Crippen molar-refractivity contribution in [3.05, 3.63) is 46.7 Å². The fourth-order valence-electron chi connectivity index (χ4n) is 2.50. The van der Waals surface area contributed by atoms with Crippen molar-refractivity contribution in [1.29, 1.82) is 0 Å². The number of nitrogens with zero attached hydrogens (tertiary/aromatic N) is 2. The van der Waals surface area contributed by atoms with Gasteiger partial charge in [-0.15, -0.1) is 0 Å². The summed E-state index contributed by atoms with van der Waals surface area (Å²) >= 11 is 3.31. The maximum Gasteiger partial charge on any atom is 0.408 e. The fraction of sp³-hybridized carbons (Fsp3) is 0.455. The summed E-state index contributed by atoms with van der Waals surface area (Å²) in [7, 11) is 0. The standard InChI is InChI=1S/C22H28BrN3O4/c1-21(2,3)29-19(27)17(26-20(28)30-22(4,5)6)11-14-7-9-15(10-8-14)18-24-12-16(23)13-25-18/h7-10,12-13,17H,11H2,1-6H3,(H,26,28). The van der Waals surface area contributed by atoms with E-state index in [1.165, 1.54) is 0 Å². The smallest absolute Gasteiger partial charge is 0.408 e. The number of nitrogens with one attached hydrogen (secondary N) is 1. The second-order valence-corrected chi connectivity index (χ2v) is 9.77. The predicted octanol–water partition coefficient (Wildman–Crippen LogP) is 4.68. The third-order valence-electron chi connectivity index (χ3n) is 3.65. The molecule has 0 saturated heterocycles. The van der Waals surface area contributed by atoms with Crippen molar-refractivity contribution in [3.8, 4) is 11.4 Å². The molecule has 0 fully saturated rings. The maximum atomic E-state index is 12.7. The molecule has 1 aromatic carbocycles. The van der Waals surface area contributed by atoms with E-state index in [9.17, 15) is 9.59 Å². The lowest BCUT2D eigenvalue weighted by Gasteiger charge is -2.26. The molecule has 0 aliphatic heterocycles. The quantitative estimate of drug-likeness (QED) is 0.628. The summed E-state index contributed by atoms with van der Waals surface area (Å²) in [6, 6.07) is 6.61. The van der Waals surface area contributed by atoms with Crippen molar-refractivity contribution in [2.75, 3.05) is 0 Å². The van der Waals surface area contributed by atoms with Crippen LogP contribution in [0.5, 0.6) is 0 Å². The SMILES string of the molecule is CC(C)(C)OC(=O)NC(Cc1ccc(-c2ncc(Br)cn2)cc1)C(=O)OC(C)(C)C. The summed E-state index contributed by atoms with van der Waals surface area (Å²) in [4.78, 5) is 33.5. The van der Waals surface area contributed by atoms with Gasteiger partial charge in [0.2, 0.25) is 0 Å². The Morgan fingerprint density at radius 1 is 0.967 bits per heavy atom. The molecule has 8 heteroatoms. The average molecular weight is 478 g/mol. The number of alkyl carbamates (subject to hydrolysis) is 1. The molecular weight excluding hydrogens is 450 g/mol. The van der Waals surface area contributed by atoms with Crippen LogP contribution in [0.1, 0.15) is 47.1 Å². The zero-order valence-corrected chi connectivity index (χ0v) is 19.7. The minimum absolute atomic E-state index is 0.260. The van der Waals surface area contributed by atoms with Gasteiger partial charge in [0.25, 0.3) is 0 Å². The molecule has 1 unspecified atom stereocenters. The van der Waals surface area contributed by atoms with Gasteiger partial charge < -0.3 is 14.8 Å². The van der Waals surface area contributed by atoms with Crippen LogP contribution in [0.25, 0.3) is 11.4 Å². The lowest BCUT2D eigenvalue weighted by atomic mass is 10.0. The number of amides is 1. The van der Waals surface area contributed by atoms with Crippen LogP contribution in [0, 0.1) is 0 Å². The van der Waals surface area contributed by atoms with Crippen molar-refractivity contribution >= 4 is 28.0 Å². The Labute approximate surface area is 185 Å². The van der Waals surface area contributed by atoms with Gasteiger partial charge in [-0.2, -0.15) is 0 Å². The van der Waals surface area contributed by atoms with Crippen molar-refractivity contribution in [1.82, 2.24) is 15.3 Å². The van der Waals surface area contributed by atoms with Crippen LogP contribution < -0.4 is 5.32 Å². The Hall–Kier alpha value is -2.48. The topological polar surface area (TPSA) is 90.4 Å². The highest BCUT2D eigenvalue weighted by Gasteiger charge is 2.29. The third-order valence-corrected chi connectivity index (χ3v) is 4.06. The first kappa shape index (κ1) is 23.8. The van der Waals surface area contributed by atoms with Gasteiger partial charge in [-0.3, -0.25) is 0 Å². The molecule has 0 saturated carbocycles. The molecule has 162 valence electrons. The number of ether oxygens (including phenoxy) is 2. The summed E-state index contributed by atoms with van der Waals surface area (Å²) in [5.41, 5.74) is 0.353. The summed E-state index contributed by atoms with van der Waals surface area (Å²) < 4.78 is 11.6. The van der Waals surface area contributed by atoms with E-state index >= 15 is 0 Å². The van der Waals surface area contributed by atoms with E-state index in [2.05, 4.69) is 31.2 Å². The Kier molecular flexibility index (Phi) is 7.58. The van der Waals surface area contributed by atoms with E-state index in [0.717, 1.165) is 15.6 Å². The second-order valence-electron chi connectivity index (χ2n) is 8.86. The van der Waals surface area contributed by atoms with Crippen LogP contribution in [-0.4, -0.2) is 39.3 Å². The summed E-state index contributed by atoms with van der Waals surface area (Å²) in [5, 5.41) is 2.63. The molecule has 7 nitrogen and oxygen atoms in total. The van der Waals surface area contributed by atoms with E-state index in [-0.39, 0.29) is 6.42 Å². The first-order valence-corrected chi connectivity index (χ1v) is 10.4. The highest BCUT2D eigenvalue weighted by Crippen LogP contribution is 2.18. The Bertz CT molecular complexity index is 869.